The summed E-state index contributed by atoms with van der Waals surface area (Å²) < 4.78 is 0. The molecular weight excluding hydrogens is 234 g/mol. The van der Waals surface area contributed by atoms with Crippen LogP contribution in [-0.4, -0.2) is 5.91 Å². The zero-order chi connectivity index (χ0) is 13.8. The van der Waals surface area contributed by atoms with Crippen LogP contribution in [-0.2, 0) is 11.2 Å². The summed E-state index contributed by atoms with van der Waals surface area (Å²) in [7, 11) is 0. The van der Waals surface area contributed by atoms with Crippen molar-refractivity contribution < 1.29 is 4.79 Å². The third-order valence-electron chi connectivity index (χ3n) is 3.50. The van der Waals surface area contributed by atoms with Crippen LogP contribution in [0.15, 0.2) is 42.5 Å². The smallest absolute Gasteiger partial charge is 0.217 e. The van der Waals surface area contributed by atoms with Crippen molar-refractivity contribution in [3.63, 3.8) is 0 Å². The van der Waals surface area contributed by atoms with Crippen LogP contribution in [0.5, 0.6) is 0 Å². The Balaban J connectivity index is 2.32. The van der Waals surface area contributed by atoms with Crippen molar-refractivity contribution in [2.45, 2.75) is 26.7 Å². The Bertz CT molecular complexity index is 602. The molecule has 0 spiro atoms. The summed E-state index contributed by atoms with van der Waals surface area (Å²) >= 11 is 0. The molecule has 98 valence electrons. The fourth-order valence-electron chi connectivity index (χ4n) is 2.23. The molecule has 0 unspecified atom stereocenters. The normalized spacial score (nSPS) is 10.4. The highest BCUT2D eigenvalue weighted by Crippen LogP contribution is 2.26. The average molecular weight is 253 g/mol. The molecule has 0 radical (unpaired) electrons. The van der Waals surface area contributed by atoms with Crippen LogP contribution in [0.3, 0.4) is 0 Å². The Morgan fingerprint density at radius 1 is 1.11 bits per heavy atom. The Labute approximate surface area is 114 Å². The van der Waals surface area contributed by atoms with Gasteiger partial charge >= 0.3 is 0 Å². The quantitative estimate of drug-likeness (QED) is 0.891. The van der Waals surface area contributed by atoms with Crippen molar-refractivity contribution in [1.82, 2.24) is 0 Å². The van der Waals surface area contributed by atoms with E-state index in [1.807, 2.05) is 12.1 Å². The van der Waals surface area contributed by atoms with Gasteiger partial charge < -0.3 is 5.73 Å². The van der Waals surface area contributed by atoms with Crippen LogP contribution in [0.4, 0.5) is 0 Å². The van der Waals surface area contributed by atoms with E-state index in [-0.39, 0.29) is 5.91 Å². The second-order valence-electron chi connectivity index (χ2n) is 4.91. The standard InChI is InChI=1S/C17H19NO/c1-12-5-3-8-16(13(12)2)15-7-4-6-14(11-15)9-10-17(18)19/h3-8,11H,9-10H2,1-2H3,(H2,18,19). The molecule has 0 aliphatic carbocycles. The fourth-order valence-corrected chi connectivity index (χ4v) is 2.23. The lowest BCUT2D eigenvalue weighted by molar-refractivity contribution is -0.117. The van der Waals surface area contributed by atoms with Gasteiger partial charge in [0.25, 0.3) is 0 Å². The molecule has 0 saturated heterocycles. The predicted octanol–water partition coefficient (Wildman–Crippen LogP) is 3.39. The minimum absolute atomic E-state index is 0.253. The maximum Gasteiger partial charge on any atom is 0.217 e. The summed E-state index contributed by atoms with van der Waals surface area (Å²) in [6, 6.07) is 14.7. The molecule has 0 aromatic heterocycles. The number of amides is 1. The molecule has 0 atom stereocenters. The molecule has 0 heterocycles. The van der Waals surface area contributed by atoms with E-state index < -0.39 is 0 Å². The number of rotatable bonds is 4. The molecule has 19 heavy (non-hydrogen) atoms. The summed E-state index contributed by atoms with van der Waals surface area (Å²) in [5.74, 6) is -0.253. The first-order valence-corrected chi connectivity index (χ1v) is 6.52. The van der Waals surface area contributed by atoms with E-state index >= 15 is 0 Å². The largest absolute Gasteiger partial charge is 0.370 e. The number of aryl methyl sites for hydroxylation is 2. The summed E-state index contributed by atoms with van der Waals surface area (Å²) in [6.07, 6.45) is 1.10. The van der Waals surface area contributed by atoms with Gasteiger partial charge in [-0.3, -0.25) is 4.79 Å². The van der Waals surface area contributed by atoms with E-state index in [0.29, 0.717) is 12.8 Å². The topological polar surface area (TPSA) is 43.1 Å². The van der Waals surface area contributed by atoms with Crippen LogP contribution in [0, 0.1) is 13.8 Å². The van der Waals surface area contributed by atoms with E-state index in [9.17, 15) is 4.79 Å². The number of benzene rings is 2. The minimum Gasteiger partial charge on any atom is -0.370 e. The Morgan fingerprint density at radius 3 is 2.58 bits per heavy atom. The van der Waals surface area contributed by atoms with Gasteiger partial charge in [0, 0.05) is 6.42 Å². The number of hydrogen-bond acceptors (Lipinski definition) is 1. The van der Waals surface area contributed by atoms with E-state index in [1.54, 1.807) is 0 Å². The van der Waals surface area contributed by atoms with Crippen LogP contribution in [0.1, 0.15) is 23.1 Å². The van der Waals surface area contributed by atoms with Crippen LogP contribution >= 0.6 is 0 Å². The molecular formula is C17H19NO. The van der Waals surface area contributed by atoms with Crippen molar-refractivity contribution in [3.8, 4) is 11.1 Å². The van der Waals surface area contributed by atoms with Crippen molar-refractivity contribution in [1.29, 1.82) is 0 Å². The summed E-state index contributed by atoms with van der Waals surface area (Å²) in [5, 5.41) is 0. The second-order valence-corrected chi connectivity index (χ2v) is 4.91. The van der Waals surface area contributed by atoms with Gasteiger partial charge in [-0.15, -0.1) is 0 Å². The number of nitrogens with two attached hydrogens (primary N) is 1. The van der Waals surface area contributed by atoms with E-state index in [2.05, 4.69) is 44.2 Å². The van der Waals surface area contributed by atoms with Crippen LogP contribution < -0.4 is 5.73 Å². The first kappa shape index (κ1) is 13.3. The third kappa shape index (κ3) is 3.22. The molecule has 2 heteroatoms. The number of hydrogen-bond donors (Lipinski definition) is 1. The lowest BCUT2D eigenvalue weighted by Crippen LogP contribution is -2.11. The van der Waals surface area contributed by atoms with Gasteiger partial charge in [0.05, 0.1) is 0 Å². The number of primary amides is 1. The van der Waals surface area contributed by atoms with Gasteiger partial charge in [0.1, 0.15) is 0 Å². The molecule has 1 amide bonds. The van der Waals surface area contributed by atoms with Gasteiger partial charge in [-0.05, 0) is 48.1 Å². The Morgan fingerprint density at radius 2 is 1.84 bits per heavy atom. The third-order valence-corrected chi connectivity index (χ3v) is 3.50. The lowest BCUT2D eigenvalue weighted by atomic mass is 9.95. The molecule has 0 fully saturated rings. The Kier molecular flexibility index (Phi) is 4.00. The highest BCUT2D eigenvalue weighted by atomic mass is 16.1. The zero-order valence-corrected chi connectivity index (χ0v) is 11.4. The van der Waals surface area contributed by atoms with Crippen molar-refractivity contribution >= 4 is 5.91 Å². The van der Waals surface area contributed by atoms with Gasteiger partial charge in [-0.2, -0.15) is 0 Å². The molecule has 2 nitrogen and oxygen atoms in total. The van der Waals surface area contributed by atoms with Crippen LogP contribution in [0.25, 0.3) is 11.1 Å². The molecule has 0 bridgehead atoms. The van der Waals surface area contributed by atoms with Gasteiger partial charge in [-0.25, -0.2) is 0 Å². The summed E-state index contributed by atoms with van der Waals surface area (Å²) in [4.78, 5) is 10.8. The molecule has 2 rings (SSSR count). The highest BCUT2D eigenvalue weighted by Gasteiger charge is 2.05. The van der Waals surface area contributed by atoms with Gasteiger partial charge in [-0.1, -0.05) is 42.5 Å². The number of carbonyl (C=O) groups is 1. The van der Waals surface area contributed by atoms with E-state index in [4.69, 9.17) is 5.73 Å². The molecule has 0 aliphatic heterocycles. The van der Waals surface area contributed by atoms with E-state index in [0.717, 1.165) is 5.56 Å². The van der Waals surface area contributed by atoms with Crippen molar-refractivity contribution in [2.75, 3.05) is 0 Å². The van der Waals surface area contributed by atoms with Crippen molar-refractivity contribution in [2.24, 2.45) is 5.73 Å². The van der Waals surface area contributed by atoms with Crippen molar-refractivity contribution in [3.05, 3.63) is 59.2 Å². The summed E-state index contributed by atoms with van der Waals surface area (Å²) in [5.41, 5.74) is 11.4. The minimum atomic E-state index is -0.253. The summed E-state index contributed by atoms with van der Waals surface area (Å²) in [6.45, 7) is 4.26. The van der Waals surface area contributed by atoms with Gasteiger partial charge in [0.2, 0.25) is 5.91 Å². The first-order valence-electron chi connectivity index (χ1n) is 6.52. The average Bonchev–Trinajstić information content (AvgIpc) is 2.40. The number of carbonyl (C=O) groups excluding carboxylic acids is 1. The molecule has 0 aliphatic rings. The molecule has 2 aromatic rings. The van der Waals surface area contributed by atoms with E-state index in [1.165, 1.54) is 22.3 Å². The zero-order valence-electron chi connectivity index (χ0n) is 11.4. The molecule has 2 aromatic carbocycles. The monoisotopic (exact) mass is 253 g/mol. The van der Waals surface area contributed by atoms with Crippen LogP contribution in [0.2, 0.25) is 0 Å². The molecule has 2 N–H and O–H groups in total. The highest BCUT2D eigenvalue weighted by molar-refractivity contribution is 5.74. The maximum atomic E-state index is 10.8. The Hall–Kier alpha value is -2.09. The second kappa shape index (κ2) is 5.70. The SMILES string of the molecule is Cc1cccc(-c2cccc(CCC(N)=O)c2)c1C. The van der Waals surface area contributed by atoms with Gasteiger partial charge in [0.15, 0.2) is 0 Å². The predicted molar refractivity (Wildman–Crippen MR) is 78.9 cm³/mol. The maximum absolute atomic E-state index is 10.8. The fraction of sp³-hybridized carbons (Fsp3) is 0.235. The lowest BCUT2D eigenvalue weighted by Gasteiger charge is -2.10. The molecule has 0 saturated carbocycles. The first-order chi connectivity index (χ1) is 9.08.